The first-order valence-electron chi connectivity index (χ1n) is 8.93. The van der Waals surface area contributed by atoms with Gasteiger partial charge in [-0.05, 0) is 31.4 Å². The third-order valence-corrected chi connectivity index (χ3v) is 4.39. The van der Waals surface area contributed by atoms with Gasteiger partial charge in [0.2, 0.25) is 0 Å². The molecule has 5 nitrogen and oxygen atoms in total. The summed E-state index contributed by atoms with van der Waals surface area (Å²) in [4.78, 5) is 4.48. The summed E-state index contributed by atoms with van der Waals surface area (Å²) in [5.74, 6) is 0.398. The van der Waals surface area contributed by atoms with Crippen LogP contribution in [0.4, 0.5) is 8.78 Å². The first kappa shape index (κ1) is 18.4. The molecule has 0 amide bonds. The van der Waals surface area contributed by atoms with Crippen LogP contribution in [0.1, 0.15) is 56.0 Å². The fourth-order valence-corrected chi connectivity index (χ4v) is 2.87. The lowest BCUT2D eigenvalue weighted by Crippen LogP contribution is -2.39. The Kier molecular flexibility index (Phi) is 5.54. The Bertz CT molecular complexity index is 767. The lowest BCUT2D eigenvalue weighted by molar-refractivity contribution is 0.376. The van der Waals surface area contributed by atoms with Gasteiger partial charge in [0.15, 0.2) is 11.7 Å². The van der Waals surface area contributed by atoms with Crippen molar-refractivity contribution in [3.05, 3.63) is 52.9 Å². The molecule has 0 saturated heterocycles. The zero-order valence-electron chi connectivity index (χ0n) is 15.2. The number of halogens is 2. The highest BCUT2D eigenvalue weighted by molar-refractivity contribution is 5.80. The van der Waals surface area contributed by atoms with Crippen LogP contribution in [0.3, 0.4) is 0 Å². The maximum Gasteiger partial charge on any atom is 0.191 e. The zero-order valence-corrected chi connectivity index (χ0v) is 15.2. The van der Waals surface area contributed by atoms with Crippen molar-refractivity contribution in [1.29, 1.82) is 0 Å². The minimum atomic E-state index is -0.496. The van der Waals surface area contributed by atoms with E-state index in [2.05, 4.69) is 20.8 Å². The van der Waals surface area contributed by atoms with Crippen molar-refractivity contribution in [2.45, 2.75) is 51.6 Å². The molecule has 1 saturated carbocycles. The number of nitrogens with zero attached hydrogens (tertiary/aromatic N) is 2. The Morgan fingerprint density at radius 3 is 2.69 bits per heavy atom. The fraction of sp³-hybridized carbons (Fsp3) is 0.474. The second-order valence-corrected chi connectivity index (χ2v) is 6.80. The third-order valence-electron chi connectivity index (χ3n) is 4.39. The van der Waals surface area contributed by atoms with Gasteiger partial charge in [-0.1, -0.05) is 25.1 Å². The highest BCUT2D eigenvalue weighted by Crippen LogP contribution is 2.43. The lowest BCUT2D eigenvalue weighted by Gasteiger charge is -2.11. The van der Waals surface area contributed by atoms with Gasteiger partial charge in [0.1, 0.15) is 18.2 Å². The monoisotopic (exact) mass is 362 g/mol. The van der Waals surface area contributed by atoms with E-state index in [1.165, 1.54) is 18.2 Å². The number of hydrogen-bond acceptors (Lipinski definition) is 3. The highest BCUT2D eigenvalue weighted by Gasteiger charge is 2.42. The second kappa shape index (κ2) is 7.85. The van der Waals surface area contributed by atoms with Gasteiger partial charge in [0.25, 0.3) is 0 Å². The molecule has 1 aromatic heterocycles. The van der Waals surface area contributed by atoms with Gasteiger partial charge in [-0.25, -0.2) is 13.8 Å². The van der Waals surface area contributed by atoms with Crippen LogP contribution in [-0.4, -0.2) is 23.7 Å². The van der Waals surface area contributed by atoms with Crippen molar-refractivity contribution in [3.8, 4) is 0 Å². The Morgan fingerprint density at radius 2 is 2.08 bits per heavy atom. The molecule has 0 bridgehead atoms. The van der Waals surface area contributed by atoms with Crippen LogP contribution in [0.5, 0.6) is 0 Å². The van der Waals surface area contributed by atoms with Crippen LogP contribution in [0.2, 0.25) is 0 Å². The van der Waals surface area contributed by atoms with Gasteiger partial charge in [-0.3, -0.25) is 0 Å². The number of nitrogens with one attached hydrogen (secondary N) is 2. The van der Waals surface area contributed by atoms with Gasteiger partial charge in [0, 0.05) is 30.1 Å². The van der Waals surface area contributed by atoms with Crippen LogP contribution < -0.4 is 10.6 Å². The SMILES string of the molecule is CCNC(=NCc1cc(C(C)C)no1)NC1CC1c1c(F)cccc1F. The molecule has 2 N–H and O–H groups in total. The molecule has 0 radical (unpaired) electrons. The summed E-state index contributed by atoms with van der Waals surface area (Å²) in [5.41, 5.74) is 1.04. The van der Waals surface area contributed by atoms with Gasteiger partial charge < -0.3 is 15.2 Å². The molecule has 0 aliphatic heterocycles. The van der Waals surface area contributed by atoms with E-state index in [1.807, 2.05) is 26.8 Å². The lowest BCUT2D eigenvalue weighted by atomic mass is 10.1. The van der Waals surface area contributed by atoms with Gasteiger partial charge in [-0.15, -0.1) is 0 Å². The maximum atomic E-state index is 13.9. The standard InChI is InChI=1S/C19H24F2N4O/c1-4-22-19(23-10-12-8-16(11(2)3)25-26-12)24-17-9-13(17)18-14(20)6-5-7-15(18)21/h5-8,11,13,17H,4,9-10H2,1-3H3,(H2,22,23,24). The normalized spacial score (nSPS) is 19.7. The summed E-state index contributed by atoms with van der Waals surface area (Å²) in [6.07, 6.45) is 0.669. The van der Waals surface area contributed by atoms with Gasteiger partial charge >= 0.3 is 0 Å². The van der Waals surface area contributed by atoms with E-state index in [4.69, 9.17) is 4.52 Å². The molecule has 3 rings (SSSR count). The summed E-state index contributed by atoms with van der Waals surface area (Å²) in [5, 5.41) is 10.4. The topological polar surface area (TPSA) is 62.5 Å². The Morgan fingerprint density at radius 1 is 1.35 bits per heavy atom. The van der Waals surface area contributed by atoms with Crippen molar-refractivity contribution < 1.29 is 13.3 Å². The molecule has 2 unspecified atom stereocenters. The predicted octanol–water partition coefficient (Wildman–Crippen LogP) is 3.69. The van der Waals surface area contributed by atoms with Gasteiger partial charge in [-0.2, -0.15) is 0 Å². The van der Waals surface area contributed by atoms with Crippen LogP contribution in [0.25, 0.3) is 0 Å². The average Bonchev–Trinajstić information content (AvgIpc) is 3.16. The van der Waals surface area contributed by atoms with Gasteiger partial charge in [0.05, 0.1) is 5.69 Å². The molecular formula is C19H24F2N4O. The Balaban J connectivity index is 1.64. The molecule has 1 aliphatic rings. The maximum absolute atomic E-state index is 13.9. The van der Waals surface area contributed by atoms with E-state index >= 15 is 0 Å². The third kappa shape index (κ3) is 4.20. The molecule has 0 spiro atoms. The number of benzene rings is 1. The molecule has 140 valence electrons. The van der Waals surface area contributed by atoms with E-state index in [0.29, 0.717) is 37.1 Å². The summed E-state index contributed by atoms with van der Waals surface area (Å²) in [7, 11) is 0. The molecule has 7 heteroatoms. The van der Waals surface area contributed by atoms with Crippen molar-refractivity contribution in [2.75, 3.05) is 6.54 Å². The van der Waals surface area contributed by atoms with Crippen molar-refractivity contribution in [2.24, 2.45) is 4.99 Å². The van der Waals surface area contributed by atoms with E-state index < -0.39 is 11.6 Å². The highest BCUT2D eigenvalue weighted by atomic mass is 19.1. The van der Waals surface area contributed by atoms with Crippen LogP contribution in [-0.2, 0) is 6.54 Å². The molecule has 1 fully saturated rings. The second-order valence-electron chi connectivity index (χ2n) is 6.80. The number of rotatable bonds is 6. The summed E-state index contributed by atoms with van der Waals surface area (Å²) in [6.45, 7) is 7.09. The van der Waals surface area contributed by atoms with Crippen molar-refractivity contribution in [3.63, 3.8) is 0 Å². The summed E-state index contributed by atoms with van der Waals surface area (Å²) in [6, 6.07) is 5.83. The predicted molar refractivity (Wildman–Crippen MR) is 96.0 cm³/mol. The Hall–Kier alpha value is -2.44. The first-order valence-corrected chi connectivity index (χ1v) is 8.93. The van der Waals surface area contributed by atoms with E-state index in [-0.39, 0.29) is 17.5 Å². The molecule has 2 aromatic rings. The largest absolute Gasteiger partial charge is 0.359 e. The van der Waals surface area contributed by atoms with E-state index in [0.717, 1.165) is 5.69 Å². The Labute approximate surface area is 151 Å². The molecule has 2 atom stereocenters. The summed E-state index contributed by atoms with van der Waals surface area (Å²) < 4.78 is 33.1. The molecule has 1 aliphatic carbocycles. The van der Waals surface area contributed by atoms with E-state index in [1.54, 1.807) is 0 Å². The minimum Gasteiger partial charge on any atom is -0.359 e. The molecular weight excluding hydrogens is 338 g/mol. The summed E-state index contributed by atoms with van der Waals surface area (Å²) >= 11 is 0. The molecule has 1 heterocycles. The number of aliphatic imine (C=N–C) groups is 1. The van der Waals surface area contributed by atoms with Crippen LogP contribution in [0.15, 0.2) is 33.8 Å². The minimum absolute atomic E-state index is 0.0415. The quantitative estimate of drug-likeness (QED) is 0.608. The zero-order chi connectivity index (χ0) is 18.7. The van der Waals surface area contributed by atoms with Crippen molar-refractivity contribution in [1.82, 2.24) is 15.8 Å². The average molecular weight is 362 g/mol. The first-order chi connectivity index (χ1) is 12.5. The molecule has 26 heavy (non-hydrogen) atoms. The number of aromatic nitrogens is 1. The van der Waals surface area contributed by atoms with E-state index in [9.17, 15) is 8.78 Å². The van der Waals surface area contributed by atoms with Crippen LogP contribution in [0, 0.1) is 11.6 Å². The number of hydrogen-bond donors (Lipinski definition) is 2. The number of guanidine groups is 1. The fourth-order valence-electron chi connectivity index (χ4n) is 2.87. The van der Waals surface area contributed by atoms with Crippen molar-refractivity contribution >= 4 is 5.96 Å². The smallest absolute Gasteiger partial charge is 0.191 e. The van der Waals surface area contributed by atoms with Crippen LogP contribution >= 0.6 is 0 Å². The molecule has 1 aromatic carbocycles.